The molecule has 0 radical (unpaired) electrons. The minimum Gasteiger partial charge on any atom is -0.493 e. The fraction of sp³-hybridized carbons (Fsp3) is 0.419. The van der Waals surface area contributed by atoms with E-state index in [1.54, 1.807) is 35.6 Å². The van der Waals surface area contributed by atoms with E-state index in [1.807, 2.05) is 12.1 Å². The van der Waals surface area contributed by atoms with Crippen LogP contribution in [0.4, 0.5) is 5.00 Å². The molecular weight excluding hydrogens is 528 g/mol. The standard InChI is InChI=1S/C31H36N2O6S/c1-7-31(2,3)19-10-13-21-24(16-19)40-29-25(21)28(34)32-27(33-29)17-8-11-20(12-9-17)39-30(35)18-14-22(36-4)26(38-6)23(15-18)37-5/h8-9,11-12,14-15,19,27,33H,7,10,13,16H2,1-6H3,(H,32,34)/t19-,27+/m0/s1. The highest BCUT2D eigenvalue weighted by Gasteiger charge is 2.37. The molecule has 0 saturated heterocycles. The fourth-order valence-corrected chi connectivity index (χ4v) is 6.87. The van der Waals surface area contributed by atoms with Gasteiger partial charge in [0.15, 0.2) is 11.5 Å². The Morgan fingerprint density at radius 1 is 1.02 bits per heavy atom. The number of anilines is 1. The number of ether oxygens (including phenoxy) is 4. The lowest BCUT2D eigenvalue weighted by molar-refractivity contribution is 0.0733. The molecule has 1 aliphatic carbocycles. The van der Waals surface area contributed by atoms with Crippen molar-refractivity contribution in [3.05, 3.63) is 63.5 Å². The maximum absolute atomic E-state index is 13.2. The Morgan fingerprint density at radius 3 is 2.30 bits per heavy atom. The van der Waals surface area contributed by atoms with Gasteiger partial charge in [-0.1, -0.05) is 39.3 Å². The smallest absolute Gasteiger partial charge is 0.343 e. The predicted molar refractivity (Wildman–Crippen MR) is 155 cm³/mol. The van der Waals surface area contributed by atoms with Gasteiger partial charge in [0.1, 0.15) is 16.9 Å². The molecule has 1 aliphatic heterocycles. The molecule has 0 spiro atoms. The maximum Gasteiger partial charge on any atom is 0.343 e. The van der Waals surface area contributed by atoms with Crippen LogP contribution in [-0.4, -0.2) is 33.2 Å². The predicted octanol–water partition coefficient (Wildman–Crippen LogP) is 6.39. The first kappa shape index (κ1) is 27.8. The zero-order valence-electron chi connectivity index (χ0n) is 23.8. The van der Waals surface area contributed by atoms with Crippen LogP contribution < -0.4 is 29.6 Å². The summed E-state index contributed by atoms with van der Waals surface area (Å²) in [5.41, 5.74) is 3.43. The van der Waals surface area contributed by atoms with Gasteiger partial charge in [0.05, 0.1) is 32.5 Å². The Kier molecular flexibility index (Phi) is 7.68. The first-order valence-electron chi connectivity index (χ1n) is 13.5. The van der Waals surface area contributed by atoms with Crippen LogP contribution in [0, 0.1) is 11.3 Å². The van der Waals surface area contributed by atoms with Gasteiger partial charge in [0.25, 0.3) is 5.91 Å². The minimum atomic E-state index is -0.561. The third kappa shape index (κ3) is 5.10. The second-order valence-electron chi connectivity index (χ2n) is 10.9. The molecule has 2 atom stereocenters. The van der Waals surface area contributed by atoms with E-state index in [-0.39, 0.29) is 23.1 Å². The van der Waals surface area contributed by atoms with Crippen molar-refractivity contribution in [3.8, 4) is 23.0 Å². The van der Waals surface area contributed by atoms with E-state index >= 15 is 0 Å². The molecule has 0 bridgehead atoms. The molecule has 0 unspecified atom stereocenters. The molecule has 0 fully saturated rings. The summed E-state index contributed by atoms with van der Waals surface area (Å²) in [6.45, 7) is 6.96. The van der Waals surface area contributed by atoms with E-state index in [0.717, 1.165) is 41.8 Å². The number of esters is 1. The van der Waals surface area contributed by atoms with Crippen molar-refractivity contribution in [3.63, 3.8) is 0 Å². The van der Waals surface area contributed by atoms with Crippen LogP contribution in [0.3, 0.4) is 0 Å². The average molecular weight is 565 g/mol. The van der Waals surface area contributed by atoms with Crippen LogP contribution in [0.2, 0.25) is 0 Å². The zero-order chi connectivity index (χ0) is 28.6. The van der Waals surface area contributed by atoms with E-state index in [9.17, 15) is 9.59 Å². The molecule has 8 nitrogen and oxygen atoms in total. The number of thiophene rings is 1. The van der Waals surface area contributed by atoms with Crippen molar-refractivity contribution in [2.45, 2.75) is 52.6 Å². The van der Waals surface area contributed by atoms with Crippen molar-refractivity contribution in [1.82, 2.24) is 5.32 Å². The molecule has 2 aromatic carbocycles. The number of benzene rings is 2. The summed E-state index contributed by atoms with van der Waals surface area (Å²) in [6, 6.07) is 10.2. The van der Waals surface area contributed by atoms with Gasteiger partial charge in [-0.25, -0.2) is 4.79 Å². The van der Waals surface area contributed by atoms with Gasteiger partial charge in [0.2, 0.25) is 5.75 Å². The van der Waals surface area contributed by atoms with Gasteiger partial charge in [-0.2, -0.15) is 0 Å². The number of carbonyl (C=O) groups is 2. The number of hydrogen-bond acceptors (Lipinski definition) is 8. The molecule has 1 aromatic heterocycles. The summed E-state index contributed by atoms with van der Waals surface area (Å²) in [4.78, 5) is 27.4. The number of nitrogens with one attached hydrogen (secondary N) is 2. The van der Waals surface area contributed by atoms with Crippen LogP contribution in [0.25, 0.3) is 0 Å². The lowest BCUT2D eigenvalue weighted by Gasteiger charge is -2.36. The number of carbonyl (C=O) groups excluding carboxylic acids is 2. The van der Waals surface area contributed by atoms with Crippen LogP contribution in [0.1, 0.15) is 76.5 Å². The lowest BCUT2D eigenvalue weighted by atomic mass is 9.69. The molecule has 212 valence electrons. The van der Waals surface area contributed by atoms with E-state index in [0.29, 0.717) is 28.9 Å². The molecule has 40 heavy (non-hydrogen) atoms. The Hall–Kier alpha value is -3.72. The second kappa shape index (κ2) is 11.0. The largest absolute Gasteiger partial charge is 0.493 e. The summed E-state index contributed by atoms with van der Waals surface area (Å²) in [5, 5.41) is 7.58. The Bertz CT molecular complexity index is 1400. The topological polar surface area (TPSA) is 95.1 Å². The quantitative estimate of drug-likeness (QED) is 0.242. The van der Waals surface area contributed by atoms with E-state index in [4.69, 9.17) is 18.9 Å². The molecule has 9 heteroatoms. The normalized spacial score (nSPS) is 18.1. The highest BCUT2D eigenvalue weighted by molar-refractivity contribution is 7.16. The monoisotopic (exact) mass is 564 g/mol. The molecule has 2 heterocycles. The van der Waals surface area contributed by atoms with Gasteiger partial charge in [-0.3, -0.25) is 4.79 Å². The summed E-state index contributed by atoms with van der Waals surface area (Å²) in [7, 11) is 4.48. The molecule has 1 amide bonds. The summed E-state index contributed by atoms with van der Waals surface area (Å²) in [6.07, 6.45) is 3.86. The first-order chi connectivity index (χ1) is 19.2. The number of fused-ring (bicyclic) bond motifs is 3. The first-order valence-corrected chi connectivity index (χ1v) is 14.3. The molecular formula is C31H36N2O6S. The Labute approximate surface area is 239 Å². The maximum atomic E-state index is 13.2. The third-order valence-electron chi connectivity index (χ3n) is 8.38. The number of rotatable bonds is 8. The summed E-state index contributed by atoms with van der Waals surface area (Å²) in [5.74, 6) is 1.52. The van der Waals surface area contributed by atoms with Crippen molar-refractivity contribution < 1.29 is 28.5 Å². The van der Waals surface area contributed by atoms with Gasteiger partial charge < -0.3 is 29.6 Å². The van der Waals surface area contributed by atoms with Gasteiger partial charge in [-0.05, 0) is 66.0 Å². The number of methoxy groups -OCH3 is 3. The van der Waals surface area contributed by atoms with Crippen molar-refractivity contribution in [2.24, 2.45) is 11.3 Å². The van der Waals surface area contributed by atoms with E-state index < -0.39 is 5.97 Å². The van der Waals surface area contributed by atoms with Crippen molar-refractivity contribution in [2.75, 3.05) is 26.6 Å². The van der Waals surface area contributed by atoms with Gasteiger partial charge in [-0.15, -0.1) is 11.3 Å². The van der Waals surface area contributed by atoms with Crippen LogP contribution in [-0.2, 0) is 12.8 Å². The summed E-state index contributed by atoms with van der Waals surface area (Å²) < 4.78 is 21.6. The van der Waals surface area contributed by atoms with Gasteiger partial charge >= 0.3 is 5.97 Å². The number of hydrogen-bond donors (Lipinski definition) is 2. The van der Waals surface area contributed by atoms with E-state index in [1.165, 1.54) is 31.8 Å². The molecule has 0 saturated carbocycles. The van der Waals surface area contributed by atoms with Crippen LogP contribution in [0.5, 0.6) is 23.0 Å². The minimum absolute atomic E-state index is 0.0395. The molecule has 3 aromatic rings. The van der Waals surface area contributed by atoms with E-state index in [2.05, 4.69) is 31.4 Å². The Morgan fingerprint density at radius 2 is 1.70 bits per heavy atom. The second-order valence-corrected chi connectivity index (χ2v) is 12.0. The van der Waals surface area contributed by atoms with Crippen molar-refractivity contribution in [1.29, 1.82) is 0 Å². The fourth-order valence-electron chi connectivity index (χ4n) is 5.51. The van der Waals surface area contributed by atoms with Crippen molar-refractivity contribution >= 4 is 28.2 Å². The van der Waals surface area contributed by atoms with Gasteiger partial charge in [0, 0.05) is 4.88 Å². The van der Waals surface area contributed by atoms with Crippen LogP contribution >= 0.6 is 11.3 Å². The highest BCUT2D eigenvalue weighted by atomic mass is 32.1. The summed E-state index contributed by atoms with van der Waals surface area (Å²) >= 11 is 1.72. The lowest BCUT2D eigenvalue weighted by Crippen LogP contribution is -2.38. The zero-order valence-corrected chi connectivity index (χ0v) is 24.6. The Balaban J connectivity index is 1.30. The van der Waals surface area contributed by atoms with Crippen LogP contribution in [0.15, 0.2) is 36.4 Å². The SMILES string of the molecule is CCC(C)(C)[C@H]1CCc2c(sc3c2C(=O)N[C@@H](c2ccc(OC(=O)c4cc(OC)c(OC)c(OC)c4)cc2)N3)C1. The molecule has 2 aliphatic rings. The third-order valence-corrected chi connectivity index (χ3v) is 9.57. The number of amides is 1. The molecule has 2 N–H and O–H groups in total. The average Bonchev–Trinajstić information content (AvgIpc) is 3.35. The highest BCUT2D eigenvalue weighted by Crippen LogP contribution is 2.47. The molecule has 5 rings (SSSR count).